The first-order valence-corrected chi connectivity index (χ1v) is 14.0. The number of rotatable bonds is 11. The lowest BCUT2D eigenvalue weighted by Crippen LogP contribution is -2.60. The predicted molar refractivity (Wildman–Crippen MR) is 151 cm³/mol. The smallest absolute Gasteiger partial charge is 0.253 e. The molecule has 7 atom stereocenters. The second kappa shape index (κ2) is 11.3. The number of aliphatic hydroxyl groups excluding tert-OH is 1. The molecule has 3 aliphatic heterocycles. The van der Waals surface area contributed by atoms with E-state index in [-0.39, 0.29) is 36.8 Å². The van der Waals surface area contributed by atoms with Gasteiger partial charge in [0.05, 0.1) is 30.6 Å². The minimum absolute atomic E-state index is 0.0627. The molecule has 3 saturated heterocycles. The van der Waals surface area contributed by atoms with Crippen LogP contribution in [-0.4, -0.2) is 83.2 Å². The average Bonchev–Trinajstić information content (AvgIpc) is 3.55. The van der Waals surface area contributed by atoms with E-state index >= 15 is 0 Å². The summed E-state index contributed by atoms with van der Waals surface area (Å²) < 4.78 is 6.62. The number of nitrogens with zero attached hydrogens (tertiary/aromatic N) is 3. The van der Waals surface area contributed by atoms with Gasteiger partial charge in [0.15, 0.2) is 0 Å². The number of carbonyl (C=O) groups excluding carboxylic acids is 3. The van der Waals surface area contributed by atoms with Crippen LogP contribution in [0.4, 0.5) is 5.69 Å². The summed E-state index contributed by atoms with van der Waals surface area (Å²) in [6.45, 7) is 15.9. The van der Waals surface area contributed by atoms with Crippen molar-refractivity contribution in [3.05, 3.63) is 54.6 Å². The summed E-state index contributed by atoms with van der Waals surface area (Å²) >= 11 is 0. The van der Waals surface area contributed by atoms with Crippen LogP contribution in [-0.2, 0) is 19.1 Å². The van der Waals surface area contributed by atoms with Gasteiger partial charge in [0.25, 0.3) is 5.91 Å². The van der Waals surface area contributed by atoms with Gasteiger partial charge in [-0.2, -0.15) is 0 Å². The fraction of sp³-hybridized carbons (Fsp3) is 0.581. The second-order valence-electron chi connectivity index (χ2n) is 11.4. The maximum atomic E-state index is 14.8. The molecule has 2 bridgehead atoms. The van der Waals surface area contributed by atoms with Gasteiger partial charge >= 0.3 is 0 Å². The van der Waals surface area contributed by atoms with Gasteiger partial charge in [-0.15, -0.1) is 13.2 Å². The van der Waals surface area contributed by atoms with Crippen LogP contribution < -0.4 is 4.90 Å². The molecule has 4 rings (SSSR count). The zero-order valence-electron chi connectivity index (χ0n) is 23.9. The number of para-hydroxylation sites is 1. The summed E-state index contributed by atoms with van der Waals surface area (Å²) in [4.78, 5) is 47.7. The van der Waals surface area contributed by atoms with E-state index in [0.29, 0.717) is 19.4 Å². The number of benzene rings is 1. The van der Waals surface area contributed by atoms with E-state index in [0.717, 1.165) is 23.2 Å². The fourth-order valence-electron chi connectivity index (χ4n) is 7.16. The monoisotopic (exact) mass is 537 g/mol. The average molecular weight is 538 g/mol. The van der Waals surface area contributed by atoms with Crippen LogP contribution in [0.15, 0.2) is 43.5 Å². The van der Waals surface area contributed by atoms with Crippen LogP contribution >= 0.6 is 0 Å². The normalized spacial score (nSPS) is 28.7. The van der Waals surface area contributed by atoms with Crippen molar-refractivity contribution >= 4 is 23.4 Å². The molecule has 0 aliphatic carbocycles. The van der Waals surface area contributed by atoms with Crippen LogP contribution in [0.25, 0.3) is 0 Å². The Morgan fingerprint density at radius 3 is 2.41 bits per heavy atom. The number of hydrogen-bond donors (Lipinski definition) is 1. The largest absolute Gasteiger partial charge is 0.394 e. The van der Waals surface area contributed by atoms with Crippen LogP contribution in [0.2, 0.25) is 0 Å². The number of aliphatic hydroxyl groups is 1. The molecule has 1 N–H and O–H groups in total. The molecule has 1 aromatic rings. The molecule has 0 saturated carbocycles. The second-order valence-corrected chi connectivity index (χ2v) is 11.4. The number of anilines is 1. The molecule has 2 unspecified atom stereocenters. The molecule has 0 radical (unpaired) electrons. The quantitative estimate of drug-likeness (QED) is 0.438. The van der Waals surface area contributed by atoms with Crippen molar-refractivity contribution in [1.82, 2.24) is 9.80 Å². The first kappa shape index (κ1) is 29.0. The number of fused-ring (bicyclic) bond motifs is 1. The van der Waals surface area contributed by atoms with Crippen LogP contribution in [0.3, 0.4) is 0 Å². The molecule has 3 amide bonds. The lowest BCUT2D eigenvalue weighted by molar-refractivity contribution is -0.148. The molecule has 1 aromatic carbocycles. The van der Waals surface area contributed by atoms with E-state index in [9.17, 15) is 19.5 Å². The summed E-state index contributed by atoms with van der Waals surface area (Å²) in [7, 11) is 1.70. The first-order valence-electron chi connectivity index (χ1n) is 14.0. The maximum absolute atomic E-state index is 14.8. The lowest BCUT2D eigenvalue weighted by atomic mass is 9.70. The van der Waals surface area contributed by atoms with E-state index in [1.807, 2.05) is 45.9 Å². The molecule has 3 heterocycles. The van der Waals surface area contributed by atoms with Crippen molar-refractivity contribution in [3.63, 3.8) is 0 Å². The number of carbonyl (C=O) groups is 3. The minimum atomic E-state index is -1.13. The van der Waals surface area contributed by atoms with Gasteiger partial charge in [-0.25, -0.2) is 0 Å². The van der Waals surface area contributed by atoms with Gasteiger partial charge in [0.1, 0.15) is 11.6 Å². The Hall–Kier alpha value is -2.97. The molecule has 212 valence electrons. The van der Waals surface area contributed by atoms with Crippen molar-refractivity contribution in [2.75, 3.05) is 31.6 Å². The zero-order valence-corrected chi connectivity index (χ0v) is 23.9. The summed E-state index contributed by atoms with van der Waals surface area (Å²) in [5.74, 6) is -2.24. The number of likely N-dealkylation sites (N-methyl/N-ethyl adjacent to an activating group) is 1. The molecule has 8 nitrogen and oxygen atoms in total. The van der Waals surface area contributed by atoms with Gasteiger partial charge < -0.3 is 24.5 Å². The Morgan fingerprint density at radius 2 is 1.85 bits per heavy atom. The van der Waals surface area contributed by atoms with Crippen molar-refractivity contribution in [3.8, 4) is 0 Å². The first-order chi connectivity index (χ1) is 18.6. The highest BCUT2D eigenvalue weighted by molar-refractivity contribution is 6.05. The van der Waals surface area contributed by atoms with Crippen LogP contribution in [0, 0.1) is 31.6 Å². The van der Waals surface area contributed by atoms with Gasteiger partial charge in [0.2, 0.25) is 11.8 Å². The van der Waals surface area contributed by atoms with Crippen LogP contribution in [0.1, 0.15) is 44.2 Å². The molecular weight excluding hydrogens is 494 g/mol. The van der Waals surface area contributed by atoms with Crippen molar-refractivity contribution < 1.29 is 24.2 Å². The van der Waals surface area contributed by atoms with Gasteiger partial charge in [0, 0.05) is 25.8 Å². The lowest BCUT2D eigenvalue weighted by Gasteiger charge is -2.41. The molecule has 3 aliphatic rings. The summed E-state index contributed by atoms with van der Waals surface area (Å²) in [5.41, 5.74) is 1.52. The Labute approximate surface area is 232 Å². The number of aryl methyl sites for hydroxylation is 2. The maximum Gasteiger partial charge on any atom is 0.253 e. The number of hydrogen-bond acceptors (Lipinski definition) is 5. The Morgan fingerprint density at radius 1 is 1.21 bits per heavy atom. The van der Waals surface area contributed by atoms with Crippen molar-refractivity contribution in [1.29, 1.82) is 0 Å². The topological polar surface area (TPSA) is 90.4 Å². The third-order valence-electron chi connectivity index (χ3n) is 9.17. The SMILES string of the molecule is C=CCN(C)C(=O)[C@@H]1[C@H]2C(=O)N([C@@H](CO)[C@@H](C)CC)C(C(=O)N(CC=C)c3c(C)cccc3C)C23CC[C@H]1O3. The Kier molecular flexibility index (Phi) is 8.38. The van der Waals surface area contributed by atoms with Crippen molar-refractivity contribution in [2.45, 2.75) is 70.7 Å². The molecule has 3 fully saturated rings. The zero-order chi connectivity index (χ0) is 28.6. The van der Waals surface area contributed by atoms with E-state index < -0.39 is 35.6 Å². The number of ether oxygens (including phenoxy) is 1. The summed E-state index contributed by atoms with van der Waals surface area (Å²) in [5, 5.41) is 10.6. The molecular formula is C31H43N3O5. The van der Waals surface area contributed by atoms with Gasteiger partial charge in [-0.05, 0) is 43.7 Å². The molecule has 1 spiro atoms. The van der Waals surface area contributed by atoms with Crippen LogP contribution in [0.5, 0.6) is 0 Å². The van der Waals surface area contributed by atoms with Crippen molar-refractivity contribution in [2.24, 2.45) is 17.8 Å². The molecule has 0 aromatic heterocycles. The van der Waals surface area contributed by atoms with E-state index in [1.54, 1.807) is 33.9 Å². The predicted octanol–water partition coefficient (Wildman–Crippen LogP) is 3.25. The van der Waals surface area contributed by atoms with Gasteiger partial charge in [-0.1, -0.05) is 50.6 Å². The van der Waals surface area contributed by atoms with E-state index in [1.165, 1.54) is 0 Å². The Bertz CT molecular complexity index is 1130. The summed E-state index contributed by atoms with van der Waals surface area (Å²) in [6.07, 6.45) is 4.72. The van der Waals surface area contributed by atoms with Gasteiger partial charge in [-0.3, -0.25) is 14.4 Å². The number of likely N-dealkylation sites (tertiary alicyclic amines) is 1. The Balaban J connectivity index is 1.87. The highest BCUT2D eigenvalue weighted by Crippen LogP contribution is 2.59. The minimum Gasteiger partial charge on any atom is -0.394 e. The fourth-order valence-corrected chi connectivity index (χ4v) is 7.16. The molecule has 39 heavy (non-hydrogen) atoms. The highest BCUT2D eigenvalue weighted by atomic mass is 16.5. The highest BCUT2D eigenvalue weighted by Gasteiger charge is 2.75. The molecule has 8 heteroatoms. The summed E-state index contributed by atoms with van der Waals surface area (Å²) in [6, 6.07) is 4.33. The van der Waals surface area contributed by atoms with E-state index in [2.05, 4.69) is 13.2 Å². The third-order valence-corrected chi connectivity index (χ3v) is 9.17. The standard InChI is InChI=1S/C31H43N3O5/c1-8-16-32(7)28(36)24-23-14-15-31(39-23)25(24)29(37)34(22(18-35)19(4)10-3)27(31)30(38)33(17-9-2)26-20(5)12-11-13-21(26)6/h8-9,11-13,19,22-25,27,35H,1-2,10,14-18H2,3-7H3/t19-,22-,23+,24-,25-,27?,31?/m0/s1. The third kappa shape index (κ3) is 4.51. The number of amides is 3. The van der Waals surface area contributed by atoms with E-state index in [4.69, 9.17) is 4.74 Å².